The average molecular weight is 247 g/mol. The molecule has 0 fully saturated rings. The molecule has 1 aromatic carbocycles. The third-order valence-corrected chi connectivity index (χ3v) is 3.27. The number of aromatic hydroxyl groups is 1. The molecule has 4 nitrogen and oxygen atoms in total. The van der Waals surface area contributed by atoms with E-state index in [4.69, 9.17) is 0 Å². The first kappa shape index (κ1) is 12.6. The number of rotatable bonds is 3. The Morgan fingerprint density at radius 3 is 2.67 bits per heavy atom. The maximum absolute atomic E-state index is 12.3. The van der Waals surface area contributed by atoms with Gasteiger partial charge in [0, 0.05) is 23.6 Å². The summed E-state index contributed by atoms with van der Waals surface area (Å²) in [7, 11) is 5.85. The third kappa shape index (κ3) is 1.99. The number of Topliss-reactive ketones (excluding diaryl/α,β-unsaturated/α-hetero) is 1. The van der Waals surface area contributed by atoms with E-state index >= 15 is 0 Å². The Balaban J connectivity index is 2.65. The Hall–Kier alpha value is -1.81. The molecule has 1 heterocycles. The standard InChI is InChI=1S/C14H18N2O2/c1-9-14(13(18)8-15(2)3)11-7-10(17)5-6-12(11)16(9)4/h5-7,17H,8H2,1-4H3/p+1. The van der Waals surface area contributed by atoms with Crippen molar-refractivity contribution in [3.63, 3.8) is 0 Å². The summed E-state index contributed by atoms with van der Waals surface area (Å²) < 4.78 is 1.99. The van der Waals surface area contributed by atoms with Crippen molar-refractivity contribution in [3.8, 4) is 5.75 Å². The summed E-state index contributed by atoms with van der Waals surface area (Å²) in [5, 5.41) is 10.4. The Morgan fingerprint density at radius 2 is 2.06 bits per heavy atom. The number of nitrogens with zero attached hydrogens (tertiary/aromatic N) is 1. The van der Waals surface area contributed by atoms with Gasteiger partial charge >= 0.3 is 0 Å². The topological polar surface area (TPSA) is 46.7 Å². The minimum atomic E-state index is 0.115. The average Bonchev–Trinajstić information content (AvgIpc) is 2.50. The Kier molecular flexibility index (Phi) is 3.13. The van der Waals surface area contributed by atoms with E-state index in [-0.39, 0.29) is 11.5 Å². The lowest BCUT2D eigenvalue weighted by molar-refractivity contribution is -0.848. The van der Waals surface area contributed by atoms with Crippen LogP contribution in [0.25, 0.3) is 10.9 Å². The van der Waals surface area contributed by atoms with Crippen molar-refractivity contribution in [2.45, 2.75) is 6.92 Å². The molecule has 2 rings (SSSR count). The number of nitrogens with one attached hydrogen (secondary N) is 1. The van der Waals surface area contributed by atoms with E-state index in [0.717, 1.165) is 27.1 Å². The molecule has 0 aliphatic carbocycles. The van der Waals surface area contributed by atoms with Crippen molar-refractivity contribution in [1.29, 1.82) is 0 Å². The van der Waals surface area contributed by atoms with Crippen LogP contribution in [0.4, 0.5) is 0 Å². The summed E-state index contributed by atoms with van der Waals surface area (Å²) in [6.07, 6.45) is 0. The minimum Gasteiger partial charge on any atom is -0.508 e. The van der Waals surface area contributed by atoms with Crippen molar-refractivity contribution in [3.05, 3.63) is 29.5 Å². The van der Waals surface area contributed by atoms with Gasteiger partial charge in [-0.15, -0.1) is 0 Å². The van der Waals surface area contributed by atoms with Gasteiger partial charge in [0.1, 0.15) is 12.3 Å². The molecule has 0 saturated heterocycles. The number of phenolic OH excluding ortho intramolecular Hbond substituents is 1. The molecular formula is C14H19N2O2+. The summed E-state index contributed by atoms with van der Waals surface area (Å²) in [6, 6.07) is 5.16. The van der Waals surface area contributed by atoms with Gasteiger partial charge in [-0.1, -0.05) is 0 Å². The van der Waals surface area contributed by atoms with Gasteiger partial charge in [0.15, 0.2) is 0 Å². The molecule has 2 N–H and O–H groups in total. The second kappa shape index (κ2) is 4.46. The quantitative estimate of drug-likeness (QED) is 0.777. The van der Waals surface area contributed by atoms with Crippen molar-refractivity contribution in [2.75, 3.05) is 20.6 Å². The van der Waals surface area contributed by atoms with E-state index in [1.165, 1.54) is 0 Å². The zero-order valence-corrected chi connectivity index (χ0v) is 11.2. The summed E-state index contributed by atoms with van der Waals surface area (Å²) in [6.45, 7) is 2.39. The predicted molar refractivity (Wildman–Crippen MR) is 71.3 cm³/mol. The van der Waals surface area contributed by atoms with E-state index in [0.29, 0.717) is 6.54 Å². The molecule has 1 aromatic heterocycles. The Morgan fingerprint density at radius 1 is 1.39 bits per heavy atom. The maximum Gasteiger partial charge on any atom is 0.219 e. The first-order chi connectivity index (χ1) is 8.41. The number of phenols is 1. The van der Waals surface area contributed by atoms with Crippen LogP contribution in [0.1, 0.15) is 16.1 Å². The number of aryl methyl sites for hydroxylation is 1. The molecule has 0 radical (unpaired) electrons. The monoisotopic (exact) mass is 247 g/mol. The van der Waals surface area contributed by atoms with Crippen molar-refractivity contribution in [2.24, 2.45) is 7.05 Å². The van der Waals surface area contributed by atoms with Crippen LogP contribution in [0.2, 0.25) is 0 Å². The number of ketones is 1. The molecule has 0 atom stereocenters. The van der Waals surface area contributed by atoms with E-state index in [2.05, 4.69) is 0 Å². The van der Waals surface area contributed by atoms with Gasteiger partial charge in [-0.05, 0) is 25.1 Å². The molecule has 4 heteroatoms. The zero-order chi connectivity index (χ0) is 13.4. The lowest BCUT2D eigenvalue weighted by atomic mass is 10.1. The summed E-state index contributed by atoms with van der Waals surface area (Å²) in [4.78, 5) is 13.4. The number of hydrogen-bond donors (Lipinski definition) is 2. The number of quaternary nitrogens is 1. The number of benzene rings is 1. The van der Waals surface area contributed by atoms with Crippen LogP contribution in [0.3, 0.4) is 0 Å². The Bertz CT molecular complexity index is 612. The number of hydrogen-bond acceptors (Lipinski definition) is 2. The highest BCUT2D eigenvalue weighted by atomic mass is 16.3. The van der Waals surface area contributed by atoms with Crippen LogP contribution in [0.5, 0.6) is 5.75 Å². The second-order valence-electron chi connectivity index (χ2n) is 5.03. The van der Waals surface area contributed by atoms with Crippen molar-refractivity contribution < 1.29 is 14.8 Å². The smallest absolute Gasteiger partial charge is 0.219 e. The highest BCUT2D eigenvalue weighted by molar-refractivity contribution is 6.10. The summed E-state index contributed by atoms with van der Waals surface area (Å²) in [5.41, 5.74) is 2.65. The molecule has 0 aliphatic heterocycles. The van der Waals surface area contributed by atoms with Crippen LogP contribution < -0.4 is 4.90 Å². The summed E-state index contributed by atoms with van der Waals surface area (Å²) >= 11 is 0. The Labute approximate surface area is 106 Å². The van der Waals surface area contributed by atoms with E-state index in [1.807, 2.05) is 38.7 Å². The van der Waals surface area contributed by atoms with Crippen molar-refractivity contribution in [1.82, 2.24) is 4.57 Å². The molecule has 2 aromatic rings. The van der Waals surface area contributed by atoms with Crippen LogP contribution in [-0.2, 0) is 7.05 Å². The van der Waals surface area contributed by atoms with Crippen LogP contribution in [0.15, 0.2) is 18.2 Å². The highest BCUT2D eigenvalue weighted by Gasteiger charge is 2.20. The largest absolute Gasteiger partial charge is 0.508 e. The van der Waals surface area contributed by atoms with Gasteiger partial charge < -0.3 is 14.6 Å². The van der Waals surface area contributed by atoms with Gasteiger partial charge in [0.05, 0.1) is 19.7 Å². The number of carbonyl (C=O) groups excluding carboxylic acids is 1. The predicted octanol–water partition coefficient (Wildman–Crippen LogP) is 0.520. The van der Waals surface area contributed by atoms with Gasteiger partial charge in [-0.25, -0.2) is 0 Å². The van der Waals surface area contributed by atoms with E-state index < -0.39 is 0 Å². The van der Waals surface area contributed by atoms with Gasteiger partial charge in [0.2, 0.25) is 5.78 Å². The van der Waals surface area contributed by atoms with Gasteiger partial charge in [0.25, 0.3) is 0 Å². The maximum atomic E-state index is 12.3. The fourth-order valence-corrected chi connectivity index (χ4v) is 2.32. The first-order valence-corrected chi connectivity index (χ1v) is 6.02. The normalized spacial score (nSPS) is 11.4. The molecule has 0 spiro atoms. The van der Waals surface area contributed by atoms with Gasteiger partial charge in [-0.2, -0.15) is 0 Å². The molecular weight excluding hydrogens is 228 g/mol. The molecule has 96 valence electrons. The number of fused-ring (bicyclic) bond motifs is 1. The van der Waals surface area contributed by atoms with Crippen LogP contribution >= 0.6 is 0 Å². The molecule has 0 saturated carbocycles. The van der Waals surface area contributed by atoms with Crippen molar-refractivity contribution >= 4 is 16.7 Å². The molecule has 0 amide bonds. The number of likely N-dealkylation sites (N-methyl/N-ethyl adjacent to an activating group) is 1. The molecule has 0 aliphatic rings. The van der Waals surface area contributed by atoms with Gasteiger partial charge in [-0.3, -0.25) is 4.79 Å². The lowest BCUT2D eigenvalue weighted by Crippen LogP contribution is -3.06. The lowest BCUT2D eigenvalue weighted by Gasteiger charge is -2.06. The van der Waals surface area contributed by atoms with Crippen LogP contribution in [-0.4, -0.2) is 36.1 Å². The first-order valence-electron chi connectivity index (χ1n) is 6.02. The van der Waals surface area contributed by atoms with Crippen LogP contribution in [0, 0.1) is 6.92 Å². The fourth-order valence-electron chi connectivity index (χ4n) is 2.32. The minimum absolute atomic E-state index is 0.115. The number of aromatic nitrogens is 1. The second-order valence-corrected chi connectivity index (χ2v) is 5.03. The third-order valence-electron chi connectivity index (χ3n) is 3.27. The highest BCUT2D eigenvalue weighted by Crippen LogP contribution is 2.28. The fraction of sp³-hybridized carbons (Fsp3) is 0.357. The molecule has 0 unspecified atom stereocenters. The van der Waals surface area contributed by atoms with E-state index in [1.54, 1.807) is 12.1 Å². The molecule has 18 heavy (non-hydrogen) atoms. The number of carbonyl (C=O) groups is 1. The SMILES string of the molecule is Cc1c(C(=O)C[NH+](C)C)c2cc(O)ccc2n1C. The molecule has 0 bridgehead atoms. The zero-order valence-electron chi connectivity index (χ0n) is 11.2. The summed E-state index contributed by atoms with van der Waals surface area (Å²) in [5.74, 6) is 0.308. The van der Waals surface area contributed by atoms with E-state index in [9.17, 15) is 9.90 Å².